The highest BCUT2D eigenvalue weighted by Crippen LogP contribution is 2.40. The van der Waals surface area contributed by atoms with Crippen LogP contribution >= 0.6 is 0 Å². The van der Waals surface area contributed by atoms with Gasteiger partial charge in [0.2, 0.25) is 0 Å². The molecule has 3 heterocycles. The zero-order valence-electron chi connectivity index (χ0n) is 27.5. The average Bonchev–Trinajstić information content (AvgIpc) is 3.55. The van der Waals surface area contributed by atoms with Crippen LogP contribution in [0.1, 0.15) is 73.6 Å². The predicted octanol–water partition coefficient (Wildman–Crippen LogP) is 7.80. The van der Waals surface area contributed by atoms with Crippen LogP contribution < -0.4 is 15.4 Å². The van der Waals surface area contributed by atoms with E-state index in [2.05, 4.69) is 48.4 Å². The summed E-state index contributed by atoms with van der Waals surface area (Å²) in [4.78, 5) is 28.6. The van der Waals surface area contributed by atoms with E-state index >= 15 is 0 Å². The molecule has 2 saturated heterocycles. The molecular weight excluding hydrogens is 574 g/mol. The van der Waals surface area contributed by atoms with Gasteiger partial charge in [0.1, 0.15) is 11.6 Å². The van der Waals surface area contributed by atoms with Gasteiger partial charge in [0.15, 0.2) is 5.78 Å². The van der Waals surface area contributed by atoms with Crippen molar-refractivity contribution in [3.63, 3.8) is 0 Å². The van der Waals surface area contributed by atoms with Crippen LogP contribution in [0.3, 0.4) is 0 Å². The highest BCUT2D eigenvalue weighted by Gasteiger charge is 2.41. The van der Waals surface area contributed by atoms with Gasteiger partial charge in [-0.2, -0.15) is 5.10 Å². The Bertz CT molecular complexity index is 1660. The number of hydrogen-bond acceptors (Lipinski definition) is 5. The summed E-state index contributed by atoms with van der Waals surface area (Å²) in [6.07, 6.45) is 5.55. The molecule has 8 nitrogen and oxygen atoms in total. The summed E-state index contributed by atoms with van der Waals surface area (Å²) in [5, 5.41) is 10.8. The van der Waals surface area contributed by atoms with E-state index in [0.717, 1.165) is 66.0 Å². The van der Waals surface area contributed by atoms with Gasteiger partial charge in [-0.25, -0.2) is 9.48 Å². The molecule has 3 aromatic carbocycles. The third-order valence-electron chi connectivity index (χ3n) is 9.45. The van der Waals surface area contributed by atoms with Crippen molar-refractivity contribution < 1.29 is 14.3 Å². The molecule has 6 rings (SSSR count). The topological polar surface area (TPSA) is 88.5 Å². The second kappa shape index (κ2) is 13.1. The van der Waals surface area contributed by atoms with Gasteiger partial charge in [-0.15, -0.1) is 0 Å². The van der Waals surface area contributed by atoms with Crippen LogP contribution in [0.2, 0.25) is 0 Å². The normalized spacial score (nSPS) is 19.5. The van der Waals surface area contributed by atoms with Crippen molar-refractivity contribution in [2.24, 2.45) is 5.92 Å². The number of methoxy groups -OCH3 is 1. The number of urea groups is 1. The third kappa shape index (κ3) is 7.18. The lowest BCUT2D eigenvalue weighted by Gasteiger charge is -2.38. The number of benzene rings is 3. The molecule has 0 aliphatic carbocycles. The lowest BCUT2D eigenvalue weighted by molar-refractivity contribution is 0.0744. The van der Waals surface area contributed by atoms with Gasteiger partial charge in [-0.05, 0) is 99.0 Å². The largest absolute Gasteiger partial charge is 0.497 e. The minimum Gasteiger partial charge on any atom is -0.497 e. The quantitative estimate of drug-likeness (QED) is 0.187. The smallest absolute Gasteiger partial charge is 0.324 e. The number of rotatable bonds is 9. The van der Waals surface area contributed by atoms with Gasteiger partial charge in [0, 0.05) is 34.8 Å². The van der Waals surface area contributed by atoms with Gasteiger partial charge < -0.3 is 10.1 Å². The summed E-state index contributed by atoms with van der Waals surface area (Å²) in [7, 11) is 1.64. The Balaban J connectivity index is 1.04. The number of hydrogen-bond donors (Lipinski definition) is 2. The summed E-state index contributed by atoms with van der Waals surface area (Å²) >= 11 is 0. The van der Waals surface area contributed by atoms with E-state index in [1.54, 1.807) is 11.8 Å². The van der Waals surface area contributed by atoms with Crippen molar-refractivity contribution in [3.8, 4) is 11.4 Å². The van der Waals surface area contributed by atoms with E-state index in [1.807, 2.05) is 73.7 Å². The van der Waals surface area contributed by atoms with Crippen LogP contribution in [-0.2, 0) is 11.8 Å². The van der Waals surface area contributed by atoms with Gasteiger partial charge in [-0.1, -0.05) is 50.6 Å². The molecule has 240 valence electrons. The minimum absolute atomic E-state index is 0.163. The van der Waals surface area contributed by atoms with Crippen molar-refractivity contribution in [2.45, 2.75) is 77.3 Å². The first kappa shape index (κ1) is 31.5. The highest BCUT2D eigenvalue weighted by molar-refractivity contribution is 5.99. The van der Waals surface area contributed by atoms with Crippen molar-refractivity contribution in [2.75, 3.05) is 24.3 Å². The summed E-state index contributed by atoms with van der Waals surface area (Å²) in [6.45, 7) is 8.87. The van der Waals surface area contributed by atoms with Crippen LogP contribution in [0.25, 0.3) is 5.69 Å². The molecule has 2 atom stereocenters. The molecule has 2 amide bonds. The maximum Gasteiger partial charge on any atom is 0.324 e. The number of carbonyl (C=O) groups excluding carboxylic acids is 2. The van der Waals surface area contributed by atoms with Crippen LogP contribution in [0, 0.1) is 12.8 Å². The molecule has 4 aromatic rings. The monoisotopic (exact) mass is 619 g/mol. The van der Waals surface area contributed by atoms with E-state index in [1.165, 1.54) is 5.56 Å². The lowest BCUT2D eigenvalue weighted by Crippen LogP contribution is -2.45. The molecule has 46 heavy (non-hydrogen) atoms. The first-order valence-corrected chi connectivity index (χ1v) is 16.3. The molecule has 2 N–H and O–H groups in total. The Morgan fingerprint density at radius 2 is 1.54 bits per heavy atom. The van der Waals surface area contributed by atoms with E-state index in [4.69, 9.17) is 9.84 Å². The van der Waals surface area contributed by atoms with E-state index in [-0.39, 0.29) is 17.2 Å². The number of fused-ring (bicyclic) bond motifs is 2. The first-order valence-electron chi connectivity index (χ1n) is 16.3. The molecule has 8 heteroatoms. The maximum absolute atomic E-state index is 13.1. The zero-order chi connectivity index (χ0) is 32.4. The first-order chi connectivity index (χ1) is 22.1. The van der Waals surface area contributed by atoms with E-state index in [9.17, 15) is 9.59 Å². The summed E-state index contributed by atoms with van der Waals surface area (Å²) in [5.74, 6) is 2.15. The number of amides is 2. The summed E-state index contributed by atoms with van der Waals surface area (Å²) < 4.78 is 7.02. The third-order valence-corrected chi connectivity index (χ3v) is 9.45. The SMILES string of the molecule is COc1ccc(C(=O)CN2C3CCC2CC(Cc2ccc(NC(=O)Nc4cc(C(C)(C)C)nn4-c4ccc(C)cc4)cc2)C3)cc1. The number of carbonyl (C=O) groups is 2. The second-order valence-corrected chi connectivity index (χ2v) is 13.9. The average molecular weight is 620 g/mol. The fourth-order valence-corrected chi connectivity index (χ4v) is 6.90. The number of aryl methyl sites for hydroxylation is 1. The Labute approximate surface area is 272 Å². The second-order valence-electron chi connectivity index (χ2n) is 13.9. The molecule has 0 saturated carbocycles. The van der Waals surface area contributed by atoms with Gasteiger partial charge in [0.25, 0.3) is 0 Å². The molecule has 2 fully saturated rings. The number of aromatic nitrogens is 2. The Kier molecular flexibility index (Phi) is 9.00. The molecule has 0 spiro atoms. The number of piperidine rings is 1. The van der Waals surface area contributed by atoms with Gasteiger partial charge in [-0.3, -0.25) is 15.0 Å². The molecule has 2 aliphatic rings. The van der Waals surface area contributed by atoms with Gasteiger partial charge >= 0.3 is 6.03 Å². The fraction of sp³-hybridized carbons (Fsp3) is 0.395. The Morgan fingerprint density at radius 1 is 0.891 bits per heavy atom. The number of nitrogens with one attached hydrogen (secondary N) is 2. The highest BCUT2D eigenvalue weighted by atomic mass is 16.5. The number of ketones is 1. The molecular formula is C38H45N5O3. The Morgan fingerprint density at radius 3 is 2.15 bits per heavy atom. The van der Waals surface area contributed by atoms with Crippen molar-refractivity contribution >= 4 is 23.3 Å². The number of anilines is 2. The molecule has 2 aliphatic heterocycles. The van der Waals surface area contributed by atoms with Crippen LogP contribution in [0.5, 0.6) is 5.75 Å². The Hall–Kier alpha value is -4.43. The number of ether oxygens (including phenoxy) is 1. The minimum atomic E-state index is -0.311. The molecule has 2 bridgehead atoms. The standard InChI is InChI=1S/C38H45N5O3/c1-25-6-14-30(15-7-25)43-36(23-35(41-43)38(2,3)4)40-37(45)39-29-12-8-26(9-13-29)20-27-21-31-16-17-32(22-27)42(31)24-34(44)28-10-18-33(46-5)19-11-28/h6-15,18-19,23,27,31-32H,16-17,20-22,24H2,1-5H3,(H2,39,40,45). The maximum atomic E-state index is 13.1. The molecule has 1 aromatic heterocycles. The van der Waals surface area contributed by atoms with Crippen LogP contribution in [0.15, 0.2) is 78.9 Å². The number of nitrogens with zero attached hydrogens (tertiary/aromatic N) is 3. The van der Waals surface area contributed by atoms with Crippen LogP contribution in [-0.4, -0.2) is 52.2 Å². The zero-order valence-corrected chi connectivity index (χ0v) is 27.5. The van der Waals surface area contributed by atoms with Crippen LogP contribution in [0.4, 0.5) is 16.3 Å². The van der Waals surface area contributed by atoms with Crippen molar-refractivity contribution in [3.05, 3.63) is 101 Å². The summed E-state index contributed by atoms with van der Waals surface area (Å²) in [5.41, 5.74) is 5.55. The molecule has 0 radical (unpaired) electrons. The molecule has 2 unspecified atom stereocenters. The van der Waals surface area contributed by atoms with E-state index in [0.29, 0.717) is 30.4 Å². The van der Waals surface area contributed by atoms with Crippen molar-refractivity contribution in [1.29, 1.82) is 0 Å². The lowest BCUT2D eigenvalue weighted by atomic mass is 9.85. The van der Waals surface area contributed by atoms with Crippen molar-refractivity contribution in [1.82, 2.24) is 14.7 Å². The number of Topliss-reactive ketones (excluding diaryl/α,β-unsaturated/α-hetero) is 1. The van der Waals surface area contributed by atoms with Gasteiger partial charge in [0.05, 0.1) is 25.0 Å². The van der Waals surface area contributed by atoms with E-state index < -0.39 is 0 Å². The summed E-state index contributed by atoms with van der Waals surface area (Å²) in [6, 6.07) is 26.3. The predicted molar refractivity (Wildman–Crippen MR) is 183 cm³/mol. The fourth-order valence-electron chi connectivity index (χ4n) is 6.90.